The molecule has 1 rings (SSSR count). The van der Waals surface area contributed by atoms with E-state index in [-0.39, 0.29) is 6.10 Å². The van der Waals surface area contributed by atoms with Crippen molar-refractivity contribution in [3.05, 3.63) is 0 Å². The van der Waals surface area contributed by atoms with Gasteiger partial charge in [-0.05, 0) is 13.3 Å². The SMILES string of the molecule is CC1CCC(O)(O)O1. The molecule has 0 bridgehead atoms. The first-order valence-electron chi connectivity index (χ1n) is 2.73. The molecule has 8 heavy (non-hydrogen) atoms. The van der Waals surface area contributed by atoms with Crippen molar-refractivity contribution in [1.29, 1.82) is 0 Å². The zero-order valence-corrected chi connectivity index (χ0v) is 4.79. The van der Waals surface area contributed by atoms with Crippen LogP contribution in [0.5, 0.6) is 0 Å². The Bertz CT molecular complexity index is 89.7. The molecule has 0 radical (unpaired) electrons. The van der Waals surface area contributed by atoms with Crippen molar-refractivity contribution in [2.24, 2.45) is 0 Å². The van der Waals surface area contributed by atoms with Crippen LogP contribution in [0.15, 0.2) is 0 Å². The Labute approximate surface area is 47.9 Å². The number of ether oxygens (including phenoxy) is 1. The van der Waals surface area contributed by atoms with Gasteiger partial charge in [-0.3, -0.25) is 0 Å². The number of aliphatic hydroxyl groups is 2. The van der Waals surface area contributed by atoms with E-state index in [9.17, 15) is 0 Å². The minimum Gasteiger partial charge on any atom is -0.343 e. The Kier molecular flexibility index (Phi) is 1.27. The summed E-state index contributed by atoms with van der Waals surface area (Å²) in [5.74, 6) is -1.83. The van der Waals surface area contributed by atoms with E-state index < -0.39 is 5.97 Å². The molecule has 0 aromatic heterocycles. The zero-order chi connectivity index (χ0) is 6.20. The van der Waals surface area contributed by atoms with Crippen LogP contribution in [-0.2, 0) is 4.74 Å². The van der Waals surface area contributed by atoms with Crippen LogP contribution in [0, 0.1) is 0 Å². The highest BCUT2D eigenvalue weighted by atomic mass is 16.8. The van der Waals surface area contributed by atoms with Gasteiger partial charge in [0.05, 0.1) is 6.10 Å². The van der Waals surface area contributed by atoms with Gasteiger partial charge in [0.25, 0.3) is 5.97 Å². The van der Waals surface area contributed by atoms with E-state index in [1.54, 1.807) is 0 Å². The smallest absolute Gasteiger partial charge is 0.278 e. The van der Waals surface area contributed by atoms with Crippen LogP contribution >= 0.6 is 0 Å². The van der Waals surface area contributed by atoms with Gasteiger partial charge in [0.2, 0.25) is 0 Å². The zero-order valence-electron chi connectivity index (χ0n) is 4.79. The molecule has 3 heteroatoms. The summed E-state index contributed by atoms with van der Waals surface area (Å²) in [5.41, 5.74) is 0. The van der Waals surface area contributed by atoms with Crippen LogP contribution in [0.1, 0.15) is 19.8 Å². The first-order chi connectivity index (χ1) is 3.60. The van der Waals surface area contributed by atoms with E-state index >= 15 is 0 Å². The molecule has 48 valence electrons. The number of hydrogen-bond acceptors (Lipinski definition) is 3. The van der Waals surface area contributed by atoms with Crippen molar-refractivity contribution < 1.29 is 14.9 Å². The van der Waals surface area contributed by atoms with E-state index in [0.717, 1.165) is 6.42 Å². The van der Waals surface area contributed by atoms with Crippen molar-refractivity contribution in [3.8, 4) is 0 Å². The van der Waals surface area contributed by atoms with Gasteiger partial charge in [-0.1, -0.05) is 0 Å². The second-order valence-electron chi connectivity index (χ2n) is 2.21. The summed E-state index contributed by atoms with van der Waals surface area (Å²) in [6.45, 7) is 1.81. The highest BCUT2D eigenvalue weighted by Crippen LogP contribution is 2.24. The summed E-state index contributed by atoms with van der Waals surface area (Å²) in [7, 11) is 0. The van der Waals surface area contributed by atoms with Crippen LogP contribution in [0.2, 0.25) is 0 Å². The van der Waals surface area contributed by atoms with Gasteiger partial charge < -0.3 is 14.9 Å². The van der Waals surface area contributed by atoms with Gasteiger partial charge >= 0.3 is 0 Å². The van der Waals surface area contributed by atoms with E-state index in [2.05, 4.69) is 4.74 Å². The van der Waals surface area contributed by atoms with Crippen LogP contribution in [0.3, 0.4) is 0 Å². The number of hydrogen-bond donors (Lipinski definition) is 2. The molecule has 0 aliphatic carbocycles. The Morgan fingerprint density at radius 1 is 1.62 bits per heavy atom. The summed E-state index contributed by atoms with van der Waals surface area (Å²) < 4.78 is 4.66. The van der Waals surface area contributed by atoms with Crippen molar-refractivity contribution in [1.82, 2.24) is 0 Å². The van der Waals surface area contributed by atoms with Gasteiger partial charge in [-0.2, -0.15) is 0 Å². The summed E-state index contributed by atoms with van der Waals surface area (Å²) in [5, 5.41) is 17.4. The molecule has 1 fully saturated rings. The fourth-order valence-corrected chi connectivity index (χ4v) is 0.831. The van der Waals surface area contributed by atoms with Gasteiger partial charge in [-0.15, -0.1) is 0 Å². The van der Waals surface area contributed by atoms with Crippen molar-refractivity contribution in [2.45, 2.75) is 31.8 Å². The fourth-order valence-electron chi connectivity index (χ4n) is 0.831. The summed E-state index contributed by atoms with van der Waals surface area (Å²) in [6, 6.07) is 0. The third kappa shape index (κ3) is 1.18. The highest BCUT2D eigenvalue weighted by molar-refractivity contribution is 4.66. The average molecular weight is 118 g/mol. The molecule has 1 saturated heterocycles. The molecule has 0 aromatic rings. The molecule has 0 spiro atoms. The lowest BCUT2D eigenvalue weighted by molar-refractivity contribution is -0.323. The van der Waals surface area contributed by atoms with E-state index in [1.807, 2.05) is 6.92 Å². The lowest BCUT2D eigenvalue weighted by atomic mass is 10.2. The molecule has 0 saturated carbocycles. The highest BCUT2D eigenvalue weighted by Gasteiger charge is 2.33. The maximum Gasteiger partial charge on any atom is 0.278 e. The standard InChI is InChI=1S/C5H10O3/c1-4-2-3-5(6,7)8-4/h4,6-7H,2-3H2,1H3. The summed E-state index contributed by atoms with van der Waals surface area (Å²) >= 11 is 0. The normalized spacial score (nSPS) is 35.6. The molecule has 0 amide bonds. The van der Waals surface area contributed by atoms with Gasteiger partial charge in [0.1, 0.15) is 0 Å². The first-order valence-corrected chi connectivity index (χ1v) is 2.73. The van der Waals surface area contributed by atoms with Crippen molar-refractivity contribution >= 4 is 0 Å². The minimum atomic E-state index is -1.83. The quantitative estimate of drug-likeness (QED) is 0.434. The molecule has 1 aliphatic heterocycles. The Morgan fingerprint density at radius 2 is 2.25 bits per heavy atom. The van der Waals surface area contributed by atoms with E-state index in [1.165, 1.54) is 0 Å². The molecule has 1 aliphatic rings. The monoisotopic (exact) mass is 118 g/mol. The maximum atomic E-state index is 8.70. The number of rotatable bonds is 0. The second-order valence-corrected chi connectivity index (χ2v) is 2.21. The molecule has 2 N–H and O–H groups in total. The lowest BCUT2D eigenvalue weighted by Crippen LogP contribution is -2.26. The largest absolute Gasteiger partial charge is 0.343 e. The van der Waals surface area contributed by atoms with E-state index in [4.69, 9.17) is 10.2 Å². The van der Waals surface area contributed by atoms with Crippen molar-refractivity contribution in [3.63, 3.8) is 0 Å². The predicted molar refractivity (Wildman–Crippen MR) is 26.9 cm³/mol. The van der Waals surface area contributed by atoms with Crippen LogP contribution < -0.4 is 0 Å². The molecule has 0 aromatic carbocycles. The molecule has 3 nitrogen and oxygen atoms in total. The maximum absolute atomic E-state index is 8.70. The lowest BCUT2D eigenvalue weighted by Gasteiger charge is -2.13. The Hall–Kier alpha value is -0.120. The first kappa shape index (κ1) is 6.01. The third-order valence-electron chi connectivity index (χ3n) is 1.27. The molecule has 1 heterocycles. The topological polar surface area (TPSA) is 49.7 Å². The second kappa shape index (κ2) is 1.69. The van der Waals surface area contributed by atoms with E-state index in [0.29, 0.717) is 6.42 Å². The summed E-state index contributed by atoms with van der Waals surface area (Å²) in [4.78, 5) is 0. The van der Waals surface area contributed by atoms with Crippen LogP contribution in [-0.4, -0.2) is 22.3 Å². The van der Waals surface area contributed by atoms with Gasteiger partial charge in [0.15, 0.2) is 0 Å². The predicted octanol–water partition coefficient (Wildman–Crippen LogP) is -0.176. The third-order valence-corrected chi connectivity index (χ3v) is 1.27. The van der Waals surface area contributed by atoms with Gasteiger partial charge in [-0.25, -0.2) is 0 Å². The summed E-state index contributed by atoms with van der Waals surface area (Å²) in [6.07, 6.45) is 1.05. The molecular weight excluding hydrogens is 108 g/mol. The Morgan fingerprint density at radius 3 is 2.38 bits per heavy atom. The minimum absolute atomic E-state index is 0.00926. The molecular formula is C5H10O3. The van der Waals surface area contributed by atoms with Crippen LogP contribution in [0.4, 0.5) is 0 Å². The fraction of sp³-hybridized carbons (Fsp3) is 1.00. The molecule has 1 unspecified atom stereocenters. The van der Waals surface area contributed by atoms with Crippen LogP contribution in [0.25, 0.3) is 0 Å². The average Bonchev–Trinajstić information content (AvgIpc) is 1.82. The Balaban J connectivity index is 2.44. The molecule has 1 atom stereocenters. The van der Waals surface area contributed by atoms with Gasteiger partial charge in [0, 0.05) is 6.42 Å². The van der Waals surface area contributed by atoms with Crippen molar-refractivity contribution in [2.75, 3.05) is 0 Å².